The summed E-state index contributed by atoms with van der Waals surface area (Å²) in [6, 6.07) is 7.74. The molecule has 0 heterocycles. The van der Waals surface area contributed by atoms with Gasteiger partial charge in [-0.3, -0.25) is 4.79 Å². The largest absolute Gasteiger partial charge is 0.385 e. The van der Waals surface area contributed by atoms with E-state index in [0.29, 0.717) is 0 Å². The van der Waals surface area contributed by atoms with Gasteiger partial charge in [0.2, 0.25) is 0 Å². The van der Waals surface area contributed by atoms with Crippen molar-refractivity contribution in [3.8, 4) is 0 Å². The number of aryl methyl sites for hydroxylation is 1. The molecule has 2 nitrogen and oxygen atoms in total. The molecular weight excluding hydrogens is 176 g/mol. The number of carbonyl (C=O) groups excluding carboxylic acids is 1. The quantitative estimate of drug-likeness (QED) is 0.511. The second kappa shape index (κ2) is 6.33. The minimum Gasteiger partial charge on any atom is -0.385 e. The van der Waals surface area contributed by atoms with Crippen LogP contribution in [0.1, 0.15) is 28.8 Å². The molecule has 0 fully saturated rings. The number of methoxy groups -OCH3 is 1. The lowest BCUT2D eigenvalue weighted by Crippen LogP contribution is -1.91. The zero-order valence-electron chi connectivity index (χ0n) is 8.53. The van der Waals surface area contributed by atoms with Crippen molar-refractivity contribution in [2.24, 2.45) is 0 Å². The molecule has 0 aromatic heterocycles. The number of rotatable bonds is 6. The summed E-state index contributed by atoms with van der Waals surface area (Å²) in [6.07, 6.45) is 4.15. The van der Waals surface area contributed by atoms with E-state index in [1.807, 2.05) is 24.3 Å². The van der Waals surface area contributed by atoms with Crippen molar-refractivity contribution < 1.29 is 9.53 Å². The van der Waals surface area contributed by atoms with Crippen molar-refractivity contribution >= 4 is 6.29 Å². The molecule has 14 heavy (non-hydrogen) atoms. The highest BCUT2D eigenvalue weighted by Gasteiger charge is 1.94. The normalized spacial score (nSPS) is 10.1. The van der Waals surface area contributed by atoms with Crippen molar-refractivity contribution in [3.63, 3.8) is 0 Å². The fourth-order valence-corrected chi connectivity index (χ4v) is 1.34. The fourth-order valence-electron chi connectivity index (χ4n) is 1.34. The average Bonchev–Trinajstić information content (AvgIpc) is 2.25. The molecule has 1 aromatic carbocycles. The topological polar surface area (TPSA) is 26.3 Å². The van der Waals surface area contributed by atoms with Gasteiger partial charge in [-0.1, -0.05) is 24.3 Å². The van der Waals surface area contributed by atoms with Crippen LogP contribution >= 0.6 is 0 Å². The SMILES string of the molecule is COCCCCc1ccc(C=O)cc1. The first-order chi connectivity index (χ1) is 6.86. The van der Waals surface area contributed by atoms with Gasteiger partial charge in [0.05, 0.1) is 0 Å². The predicted octanol–water partition coefficient (Wildman–Crippen LogP) is 2.47. The summed E-state index contributed by atoms with van der Waals surface area (Å²) >= 11 is 0. The second-order valence-corrected chi connectivity index (χ2v) is 3.31. The minimum atomic E-state index is 0.741. The first-order valence-corrected chi connectivity index (χ1v) is 4.90. The molecule has 0 aliphatic rings. The summed E-state index contributed by atoms with van der Waals surface area (Å²) in [5.74, 6) is 0. The number of unbranched alkanes of at least 4 members (excludes halogenated alkanes) is 1. The Bertz CT molecular complexity index is 264. The Balaban J connectivity index is 2.32. The van der Waals surface area contributed by atoms with Crippen LogP contribution in [0.5, 0.6) is 0 Å². The van der Waals surface area contributed by atoms with Gasteiger partial charge in [-0.2, -0.15) is 0 Å². The van der Waals surface area contributed by atoms with E-state index >= 15 is 0 Å². The van der Waals surface area contributed by atoms with Gasteiger partial charge in [-0.15, -0.1) is 0 Å². The van der Waals surface area contributed by atoms with Crippen molar-refractivity contribution in [2.45, 2.75) is 19.3 Å². The van der Waals surface area contributed by atoms with Gasteiger partial charge in [-0.05, 0) is 24.8 Å². The van der Waals surface area contributed by atoms with Crippen LogP contribution < -0.4 is 0 Å². The monoisotopic (exact) mass is 192 g/mol. The zero-order chi connectivity index (χ0) is 10.2. The summed E-state index contributed by atoms with van der Waals surface area (Å²) < 4.78 is 4.97. The van der Waals surface area contributed by atoms with Crippen molar-refractivity contribution in [1.82, 2.24) is 0 Å². The Kier molecular flexibility index (Phi) is 4.94. The summed E-state index contributed by atoms with van der Waals surface area (Å²) in [5.41, 5.74) is 2.03. The van der Waals surface area contributed by atoms with E-state index in [1.54, 1.807) is 7.11 Å². The molecule has 0 aliphatic carbocycles. The van der Waals surface area contributed by atoms with Gasteiger partial charge in [0.1, 0.15) is 6.29 Å². The van der Waals surface area contributed by atoms with Gasteiger partial charge in [0.15, 0.2) is 0 Å². The summed E-state index contributed by atoms with van der Waals surface area (Å²) in [6.45, 7) is 0.826. The maximum Gasteiger partial charge on any atom is 0.150 e. The van der Waals surface area contributed by atoms with E-state index in [0.717, 1.165) is 37.7 Å². The summed E-state index contributed by atoms with van der Waals surface area (Å²) in [5, 5.41) is 0. The molecule has 0 bridgehead atoms. The Hall–Kier alpha value is -1.15. The van der Waals surface area contributed by atoms with Gasteiger partial charge in [0, 0.05) is 19.3 Å². The summed E-state index contributed by atoms with van der Waals surface area (Å²) in [4.78, 5) is 10.4. The molecule has 0 amide bonds. The van der Waals surface area contributed by atoms with Crippen LogP contribution in [0.4, 0.5) is 0 Å². The third-order valence-corrected chi connectivity index (χ3v) is 2.18. The van der Waals surface area contributed by atoms with E-state index in [1.165, 1.54) is 5.56 Å². The first kappa shape index (κ1) is 10.9. The molecule has 0 atom stereocenters. The third kappa shape index (κ3) is 3.71. The number of aldehydes is 1. The maximum atomic E-state index is 10.4. The number of benzene rings is 1. The molecule has 0 N–H and O–H groups in total. The van der Waals surface area contributed by atoms with E-state index in [2.05, 4.69) is 0 Å². The number of hydrogen-bond donors (Lipinski definition) is 0. The van der Waals surface area contributed by atoms with Crippen LogP contribution in [0.2, 0.25) is 0 Å². The van der Waals surface area contributed by atoms with E-state index < -0.39 is 0 Å². The molecule has 1 rings (SSSR count). The molecule has 1 aromatic rings. The van der Waals surface area contributed by atoms with Crippen LogP contribution in [0.15, 0.2) is 24.3 Å². The average molecular weight is 192 g/mol. The first-order valence-electron chi connectivity index (χ1n) is 4.90. The van der Waals surface area contributed by atoms with Crippen LogP contribution in [0, 0.1) is 0 Å². The molecule has 0 spiro atoms. The Morgan fingerprint density at radius 3 is 2.50 bits per heavy atom. The fraction of sp³-hybridized carbons (Fsp3) is 0.417. The van der Waals surface area contributed by atoms with Crippen LogP contribution in [0.25, 0.3) is 0 Å². The van der Waals surface area contributed by atoms with Gasteiger partial charge in [0.25, 0.3) is 0 Å². The predicted molar refractivity (Wildman–Crippen MR) is 56.6 cm³/mol. The lowest BCUT2D eigenvalue weighted by molar-refractivity contribution is 0.112. The highest BCUT2D eigenvalue weighted by Crippen LogP contribution is 2.06. The van der Waals surface area contributed by atoms with Crippen LogP contribution in [-0.2, 0) is 11.2 Å². The Morgan fingerprint density at radius 1 is 1.21 bits per heavy atom. The maximum absolute atomic E-state index is 10.4. The van der Waals surface area contributed by atoms with Crippen LogP contribution in [-0.4, -0.2) is 20.0 Å². The second-order valence-electron chi connectivity index (χ2n) is 3.31. The highest BCUT2D eigenvalue weighted by molar-refractivity contribution is 5.74. The van der Waals surface area contributed by atoms with E-state index in [9.17, 15) is 4.79 Å². The third-order valence-electron chi connectivity index (χ3n) is 2.18. The Labute approximate surface area is 84.9 Å². The molecule has 0 radical (unpaired) electrons. The highest BCUT2D eigenvalue weighted by atomic mass is 16.5. The molecular formula is C12H16O2. The summed E-state index contributed by atoms with van der Waals surface area (Å²) in [7, 11) is 1.72. The van der Waals surface area contributed by atoms with E-state index in [4.69, 9.17) is 4.74 Å². The number of ether oxygens (including phenoxy) is 1. The van der Waals surface area contributed by atoms with Gasteiger partial charge >= 0.3 is 0 Å². The molecule has 0 saturated heterocycles. The van der Waals surface area contributed by atoms with Crippen LogP contribution in [0.3, 0.4) is 0 Å². The molecule has 0 saturated carbocycles. The van der Waals surface area contributed by atoms with E-state index in [-0.39, 0.29) is 0 Å². The molecule has 0 aliphatic heterocycles. The minimum absolute atomic E-state index is 0.741. The lowest BCUT2D eigenvalue weighted by Gasteiger charge is -2.01. The number of carbonyl (C=O) groups is 1. The smallest absolute Gasteiger partial charge is 0.150 e. The number of hydrogen-bond acceptors (Lipinski definition) is 2. The van der Waals surface area contributed by atoms with Crippen molar-refractivity contribution in [3.05, 3.63) is 35.4 Å². The van der Waals surface area contributed by atoms with Gasteiger partial charge in [-0.25, -0.2) is 0 Å². The lowest BCUT2D eigenvalue weighted by atomic mass is 10.1. The molecule has 76 valence electrons. The zero-order valence-corrected chi connectivity index (χ0v) is 8.53. The van der Waals surface area contributed by atoms with Crippen molar-refractivity contribution in [2.75, 3.05) is 13.7 Å². The molecule has 0 unspecified atom stereocenters. The standard InChI is InChI=1S/C12H16O2/c1-14-9-3-2-4-11-5-7-12(10-13)8-6-11/h5-8,10H,2-4,9H2,1H3. The Morgan fingerprint density at radius 2 is 1.93 bits per heavy atom. The van der Waals surface area contributed by atoms with Crippen molar-refractivity contribution in [1.29, 1.82) is 0 Å². The van der Waals surface area contributed by atoms with Gasteiger partial charge < -0.3 is 4.74 Å². The molecule has 2 heteroatoms.